The molecule has 0 amide bonds. The fourth-order valence-electron chi connectivity index (χ4n) is 1.64. The van der Waals surface area contributed by atoms with E-state index in [1.807, 2.05) is 0 Å². The maximum Gasteiger partial charge on any atom is 0.435 e. The van der Waals surface area contributed by atoms with Crippen molar-refractivity contribution in [1.29, 1.82) is 0 Å². The first-order valence-corrected chi connectivity index (χ1v) is 5.29. The highest BCUT2D eigenvalue weighted by molar-refractivity contribution is 6.30. The molecule has 0 bridgehead atoms. The van der Waals surface area contributed by atoms with E-state index >= 15 is 0 Å². The average Bonchev–Trinajstić information content (AvgIpc) is 2.18. The first-order valence-electron chi connectivity index (χ1n) is 4.92. The van der Waals surface area contributed by atoms with Gasteiger partial charge < -0.3 is 0 Å². The van der Waals surface area contributed by atoms with Crippen LogP contribution in [-0.4, -0.2) is 12.4 Å². The molecule has 0 atom stereocenters. The molecule has 1 aromatic rings. The molecule has 1 rings (SSSR count). The number of benzene rings is 1. The summed E-state index contributed by atoms with van der Waals surface area (Å²) in [6, 6.07) is 1.51. The van der Waals surface area contributed by atoms with Gasteiger partial charge in [0.15, 0.2) is 0 Å². The average molecular weight is 309 g/mol. The largest absolute Gasteiger partial charge is 0.435 e. The van der Waals surface area contributed by atoms with Gasteiger partial charge in [0.1, 0.15) is 0 Å². The van der Waals surface area contributed by atoms with Gasteiger partial charge in [0.25, 0.3) is 0 Å². The van der Waals surface area contributed by atoms with Crippen LogP contribution in [0.2, 0.25) is 5.02 Å². The zero-order valence-corrected chi connectivity index (χ0v) is 10.4. The fourth-order valence-corrected chi connectivity index (χ4v) is 1.91. The van der Waals surface area contributed by atoms with Crippen LogP contribution in [0, 0.1) is 13.8 Å². The van der Waals surface area contributed by atoms with Gasteiger partial charge in [0.05, 0.1) is 0 Å². The first-order chi connectivity index (χ1) is 8.32. The van der Waals surface area contributed by atoms with E-state index in [1.54, 1.807) is 0 Å². The highest BCUT2D eigenvalue weighted by atomic mass is 35.5. The number of rotatable bonds is 1. The predicted octanol–water partition coefficient (Wildman–Crippen LogP) is 5.25. The van der Waals surface area contributed by atoms with Crippen LogP contribution in [0.1, 0.15) is 16.7 Å². The van der Waals surface area contributed by atoms with Gasteiger partial charge in [-0.1, -0.05) is 11.6 Å². The van der Waals surface area contributed by atoms with Gasteiger partial charge in [0.2, 0.25) is 0 Å². The molecule has 0 unspecified atom stereocenters. The second-order valence-corrected chi connectivity index (χ2v) is 4.49. The van der Waals surface area contributed by atoms with Crippen molar-refractivity contribution < 1.29 is 30.7 Å². The van der Waals surface area contributed by atoms with E-state index in [0.717, 1.165) is 13.0 Å². The third kappa shape index (κ3) is 2.52. The molecule has 0 saturated heterocycles. The standard InChI is InChI=1S/C11H8ClF7/c1-5-3-7(12)4-8(6(5)2)9(13,10(14,15)16)11(17,18)19/h3-4H,1-2H3. The minimum atomic E-state index is -6.13. The Morgan fingerprint density at radius 3 is 1.63 bits per heavy atom. The fraction of sp³-hybridized carbons (Fsp3) is 0.455. The normalized spacial score (nSPS) is 13.8. The Morgan fingerprint density at radius 1 is 0.842 bits per heavy atom. The molecule has 0 radical (unpaired) electrons. The van der Waals surface area contributed by atoms with E-state index in [0.29, 0.717) is 6.07 Å². The molecule has 0 aliphatic rings. The summed E-state index contributed by atoms with van der Waals surface area (Å²) in [6.45, 7) is 2.23. The number of hydrogen-bond donors (Lipinski definition) is 0. The van der Waals surface area contributed by atoms with Crippen LogP contribution in [0.3, 0.4) is 0 Å². The van der Waals surface area contributed by atoms with E-state index in [9.17, 15) is 30.7 Å². The van der Waals surface area contributed by atoms with Crippen molar-refractivity contribution in [2.75, 3.05) is 0 Å². The second kappa shape index (κ2) is 4.54. The molecule has 8 heteroatoms. The van der Waals surface area contributed by atoms with Crippen LogP contribution in [0.5, 0.6) is 0 Å². The van der Waals surface area contributed by atoms with Gasteiger partial charge >= 0.3 is 18.0 Å². The van der Waals surface area contributed by atoms with Crippen LogP contribution in [-0.2, 0) is 5.67 Å². The van der Waals surface area contributed by atoms with Crippen molar-refractivity contribution in [3.8, 4) is 0 Å². The predicted molar refractivity (Wildman–Crippen MR) is 55.8 cm³/mol. The lowest BCUT2D eigenvalue weighted by atomic mass is 9.88. The van der Waals surface area contributed by atoms with Gasteiger partial charge in [-0.2, -0.15) is 26.3 Å². The van der Waals surface area contributed by atoms with Crippen molar-refractivity contribution >= 4 is 11.6 Å². The summed E-state index contributed by atoms with van der Waals surface area (Å²) in [7, 11) is 0. The van der Waals surface area contributed by atoms with E-state index < -0.39 is 34.2 Å². The molecule has 0 aliphatic carbocycles. The Kier molecular flexibility index (Phi) is 3.84. The SMILES string of the molecule is Cc1cc(Cl)cc(C(F)(C(F)(F)F)C(F)(F)F)c1C. The molecule has 0 nitrogen and oxygen atoms in total. The summed E-state index contributed by atoms with van der Waals surface area (Å²) in [5.74, 6) is 0. The van der Waals surface area contributed by atoms with Crippen molar-refractivity contribution in [3.05, 3.63) is 33.8 Å². The van der Waals surface area contributed by atoms with Gasteiger partial charge in [-0.3, -0.25) is 0 Å². The summed E-state index contributed by atoms with van der Waals surface area (Å²) in [5, 5.41) is -0.395. The van der Waals surface area contributed by atoms with Crippen LogP contribution < -0.4 is 0 Å². The van der Waals surface area contributed by atoms with Crippen molar-refractivity contribution in [2.45, 2.75) is 31.9 Å². The number of hydrogen-bond acceptors (Lipinski definition) is 0. The van der Waals surface area contributed by atoms with E-state index in [-0.39, 0.29) is 5.56 Å². The lowest BCUT2D eigenvalue weighted by molar-refractivity contribution is -0.348. The molecule has 0 N–H and O–H groups in total. The first kappa shape index (κ1) is 16.1. The number of alkyl halides is 7. The molecular weight excluding hydrogens is 301 g/mol. The molecular formula is C11H8ClF7. The highest BCUT2D eigenvalue weighted by Gasteiger charge is 2.74. The summed E-state index contributed by atoms with van der Waals surface area (Å²) in [6.07, 6.45) is -12.3. The number of halogens is 8. The van der Waals surface area contributed by atoms with Crippen molar-refractivity contribution in [2.24, 2.45) is 0 Å². The van der Waals surface area contributed by atoms with Crippen molar-refractivity contribution in [1.82, 2.24) is 0 Å². The zero-order valence-electron chi connectivity index (χ0n) is 9.68. The molecule has 1 aromatic carbocycles. The summed E-state index contributed by atoms with van der Waals surface area (Å²) in [4.78, 5) is 0. The van der Waals surface area contributed by atoms with Crippen LogP contribution in [0.4, 0.5) is 30.7 Å². The Balaban J connectivity index is 3.71. The molecule has 0 fully saturated rings. The summed E-state index contributed by atoms with van der Waals surface area (Å²) in [5.41, 5.74) is -7.38. The van der Waals surface area contributed by atoms with Gasteiger partial charge in [-0.05, 0) is 37.1 Å². The van der Waals surface area contributed by atoms with E-state index in [1.165, 1.54) is 6.92 Å². The highest BCUT2D eigenvalue weighted by Crippen LogP contribution is 2.54. The molecule has 0 heterocycles. The van der Waals surface area contributed by atoms with Crippen LogP contribution in [0.15, 0.2) is 12.1 Å². The smallest absolute Gasteiger partial charge is 0.218 e. The quantitative estimate of drug-likeness (QED) is 0.622. The maximum atomic E-state index is 13.9. The Morgan fingerprint density at radius 2 is 1.26 bits per heavy atom. The van der Waals surface area contributed by atoms with Gasteiger partial charge in [0, 0.05) is 10.6 Å². The van der Waals surface area contributed by atoms with Gasteiger partial charge in [-0.15, -0.1) is 0 Å². The summed E-state index contributed by atoms with van der Waals surface area (Å²) >= 11 is 5.43. The number of aryl methyl sites for hydroxylation is 1. The topological polar surface area (TPSA) is 0 Å². The Hall–Kier alpha value is -0.980. The minimum absolute atomic E-state index is 0.0398. The molecule has 0 aromatic heterocycles. The third-order valence-electron chi connectivity index (χ3n) is 2.78. The molecule has 0 aliphatic heterocycles. The second-order valence-electron chi connectivity index (χ2n) is 4.05. The summed E-state index contributed by atoms with van der Waals surface area (Å²) < 4.78 is 89.4. The Labute approximate surface area is 109 Å². The van der Waals surface area contributed by atoms with E-state index in [2.05, 4.69) is 0 Å². The monoisotopic (exact) mass is 308 g/mol. The lowest BCUT2D eigenvalue weighted by Gasteiger charge is -2.32. The molecule has 19 heavy (non-hydrogen) atoms. The molecule has 108 valence electrons. The zero-order chi connectivity index (χ0) is 15.2. The minimum Gasteiger partial charge on any atom is -0.218 e. The Bertz CT molecular complexity index is 473. The lowest BCUT2D eigenvalue weighted by Crippen LogP contribution is -2.50. The van der Waals surface area contributed by atoms with Crippen LogP contribution >= 0.6 is 11.6 Å². The van der Waals surface area contributed by atoms with Gasteiger partial charge in [-0.25, -0.2) is 4.39 Å². The molecule has 0 spiro atoms. The van der Waals surface area contributed by atoms with Crippen LogP contribution in [0.25, 0.3) is 0 Å². The van der Waals surface area contributed by atoms with Crippen molar-refractivity contribution in [3.63, 3.8) is 0 Å². The third-order valence-corrected chi connectivity index (χ3v) is 3.00. The van der Waals surface area contributed by atoms with E-state index in [4.69, 9.17) is 11.6 Å². The molecule has 0 saturated carbocycles. The maximum absolute atomic E-state index is 13.9.